The number of methoxy groups -OCH3 is 1. The summed E-state index contributed by atoms with van der Waals surface area (Å²) in [6.07, 6.45) is 0. The minimum absolute atomic E-state index is 0.164. The normalized spacial score (nSPS) is 13.2. The van der Waals surface area contributed by atoms with E-state index in [0.717, 1.165) is 4.90 Å². The van der Waals surface area contributed by atoms with Gasteiger partial charge in [0, 0.05) is 4.90 Å². The summed E-state index contributed by atoms with van der Waals surface area (Å²) in [6.45, 7) is 8.42. The standard InChI is InChI=1S/C14H20O2S/c1-10(13(15)16-5)17-12-8-6-11(7-9-12)14(2,3)4/h6-10H,1-5H3. The summed E-state index contributed by atoms with van der Waals surface area (Å²) in [5, 5.41) is -0.166. The third kappa shape index (κ3) is 4.08. The molecule has 1 atom stereocenters. The van der Waals surface area contributed by atoms with Gasteiger partial charge in [0.25, 0.3) is 0 Å². The molecule has 0 N–H and O–H groups in total. The van der Waals surface area contributed by atoms with Crippen molar-refractivity contribution in [1.29, 1.82) is 0 Å². The van der Waals surface area contributed by atoms with Gasteiger partial charge in [-0.1, -0.05) is 32.9 Å². The predicted molar refractivity (Wildman–Crippen MR) is 72.5 cm³/mol. The van der Waals surface area contributed by atoms with Crippen LogP contribution in [-0.2, 0) is 14.9 Å². The van der Waals surface area contributed by atoms with E-state index < -0.39 is 0 Å². The van der Waals surface area contributed by atoms with Crippen molar-refractivity contribution in [2.75, 3.05) is 7.11 Å². The SMILES string of the molecule is COC(=O)C(C)Sc1ccc(C(C)(C)C)cc1. The zero-order chi connectivity index (χ0) is 13.1. The van der Waals surface area contributed by atoms with E-state index in [2.05, 4.69) is 45.0 Å². The van der Waals surface area contributed by atoms with Crippen LogP contribution in [0.1, 0.15) is 33.3 Å². The molecule has 94 valence electrons. The van der Waals surface area contributed by atoms with Crippen LogP contribution in [0.5, 0.6) is 0 Å². The molecular formula is C14H20O2S. The number of esters is 1. The first-order chi connectivity index (χ1) is 7.84. The van der Waals surface area contributed by atoms with E-state index in [9.17, 15) is 4.79 Å². The van der Waals surface area contributed by atoms with Crippen LogP contribution in [0.25, 0.3) is 0 Å². The second-order valence-electron chi connectivity index (χ2n) is 5.06. The fraction of sp³-hybridized carbons (Fsp3) is 0.500. The van der Waals surface area contributed by atoms with Gasteiger partial charge in [0.15, 0.2) is 0 Å². The zero-order valence-electron chi connectivity index (χ0n) is 11.1. The lowest BCUT2D eigenvalue weighted by molar-refractivity contribution is -0.139. The fourth-order valence-corrected chi connectivity index (χ4v) is 2.35. The van der Waals surface area contributed by atoms with Gasteiger partial charge in [0.2, 0.25) is 0 Å². The molecule has 0 bridgehead atoms. The van der Waals surface area contributed by atoms with Crippen LogP contribution in [0, 0.1) is 0 Å². The van der Waals surface area contributed by atoms with Crippen molar-refractivity contribution in [2.45, 2.75) is 43.3 Å². The van der Waals surface area contributed by atoms with Gasteiger partial charge in [0.05, 0.1) is 7.11 Å². The first-order valence-electron chi connectivity index (χ1n) is 5.69. The Morgan fingerprint density at radius 3 is 2.18 bits per heavy atom. The van der Waals surface area contributed by atoms with E-state index in [1.165, 1.54) is 24.4 Å². The summed E-state index contributed by atoms with van der Waals surface area (Å²) in [5.74, 6) is -0.185. The molecule has 0 spiro atoms. The van der Waals surface area contributed by atoms with Crippen molar-refractivity contribution in [3.05, 3.63) is 29.8 Å². The van der Waals surface area contributed by atoms with E-state index >= 15 is 0 Å². The van der Waals surface area contributed by atoms with Crippen LogP contribution in [0.15, 0.2) is 29.2 Å². The highest BCUT2D eigenvalue weighted by Gasteiger charge is 2.16. The number of carbonyl (C=O) groups is 1. The molecular weight excluding hydrogens is 232 g/mol. The molecule has 0 aliphatic carbocycles. The molecule has 0 aliphatic rings. The van der Waals surface area contributed by atoms with Gasteiger partial charge in [-0.2, -0.15) is 0 Å². The third-order valence-corrected chi connectivity index (χ3v) is 3.66. The largest absolute Gasteiger partial charge is 0.468 e. The monoisotopic (exact) mass is 252 g/mol. The Hall–Kier alpha value is -0.960. The molecule has 1 unspecified atom stereocenters. The van der Waals surface area contributed by atoms with Gasteiger partial charge in [-0.3, -0.25) is 4.79 Å². The Labute approximate surface area is 108 Å². The summed E-state index contributed by atoms with van der Waals surface area (Å²) in [6, 6.07) is 8.36. The molecule has 0 aliphatic heterocycles. The molecule has 2 nitrogen and oxygen atoms in total. The highest BCUT2D eigenvalue weighted by atomic mass is 32.2. The summed E-state index contributed by atoms with van der Waals surface area (Å²) >= 11 is 1.52. The van der Waals surface area contributed by atoms with Crippen LogP contribution in [0.2, 0.25) is 0 Å². The number of hydrogen-bond acceptors (Lipinski definition) is 3. The van der Waals surface area contributed by atoms with Crippen molar-refractivity contribution < 1.29 is 9.53 Å². The van der Waals surface area contributed by atoms with Gasteiger partial charge >= 0.3 is 5.97 Å². The number of rotatable bonds is 3. The predicted octanol–water partition coefficient (Wildman–Crippen LogP) is 3.64. The van der Waals surface area contributed by atoms with E-state index in [0.29, 0.717) is 0 Å². The first-order valence-corrected chi connectivity index (χ1v) is 6.57. The molecule has 1 aromatic carbocycles. The molecule has 17 heavy (non-hydrogen) atoms. The smallest absolute Gasteiger partial charge is 0.318 e. The molecule has 0 aromatic heterocycles. The summed E-state index contributed by atoms with van der Waals surface area (Å²) in [7, 11) is 1.42. The van der Waals surface area contributed by atoms with Gasteiger partial charge in [0.1, 0.15) is 5.25 Å². The molecule has 1 rings (SSSR count). The van der Waals surface area contributed by atoms with Crippen LogP contribution in [0.3, 0.4) is 0 Å². The van der Waals surface area contributed by atoms with E-state index in [1.807, 2.05) is 6.92 Å². The molecule has 0 saturated heterocycles. The maximum Gasteiger partial charge on any atom is 0.318 e. The van der Waals surface area contributed by atoms with Crippen molar-refractivity contribution in [3.8, 4) is 0 Å². The van der Waals surface area contributed by atoms with Crippen molar-refractivity contribution in [1.82, 2.24) is 0 Å². The summed E-state index contributed by atoms with van der Waals surface area (Å²) < 4.78 is 4.70. The lowest BCUT2D eigenvalue weighted by Gasteiger charge is -2.19. The lowest BCUT2D eigenvalue weighted by Crippen LogP contribution is -2.14. The lowest BCUT2D eigenvalue weighted by atomic mass is 9.87. The quantitative estimate of drug-likeness (QED) is 0.607. The molecule has 0 heterocycles. The maximum absolute atomic E-state index is 11.3. The number of benzene rings is 1. The summed E-state index contributed by atoms with van der Waals surface area (Å²) in [5.41, 5.74) is 1.46. The Morgan fingerprint density at radius 2 is 1.76 bits per heavy atom. The highest BCUT2D eigenvalue weighted by Crippen LogP contribution is 2.28. The van der Waals surface area contributed by atoms with Crippen molar-refractivity contribution in [2.24, 2.45) is 0 Å². The third-order valence-electron chi connectivity index (χ3n) is 2.57. The number of hydrogen-bond donors (Lipinski definition) is 0. The van der Waals surface area contributed by atoms with Gasteiger partial charge in [-0.25, -0.2) is 0 Å². The topological polar surface area (TPSA) is 26.3 Å². The van der Waals surface area contributed by atoms with Crippen LogP contribution in [0.4, 0.5) is 0 Å². The Morgan fingerprint density at radius 1 is 1.24 bits per heavy atom. The Kier molecular flexibility index (Phi) is 4.63. The molecule has 0 fully saturated rings. The molecule has 1 aromatic rings. The minimum Gasteiger partial charge on any atom is -0.468 e. The molecule has 3 heteroatoms. The van der Waals surface area contributed by atoms with Crippen LogP contribution in [-0.4, -0.2) is 18.3 Å². The van der Waals surface area contributed by atoms with Crippen LogP contribution >= 0.6 is 11.8 Å². The molecule has 0 radical (unpaired) electrons. The number of carbonyl (C=O) groups excluding carboxylic acids is 1. The average Bonchev–Trinajstić information content (AvgIpc) is 2.27. The fourth-order valence-electron chi connectivity index (χ4n) is 1.45. The average molecular weight is 252 g/mol. The summed E-state index contributed by atoms with van der Waals surface area (Å²) in [4.78, 5) is 12.4. The zero-order valence-corrected chi connectivity index (χ0v) is 11.9. The Balaban J connectivity index is 2.72. The van der Waals surface area contributed by atoms with Gasteiger partial charge in [-0.05, 0) is 30.0 Å². The number of ether oxygens (including phenoxy) is 1. The number of thioether (sulfide) groups is 1. The van der Waals surface area contributed by atoms with E-state index in [4.69, 9.17) is 4.74 Å². The maximum atomic E-state index is 11.3. The van der Waals surface area contributed by atoms with Crippen LogP contribution < -0.4 is 0 Å². The molecule has 0 saturated carbocycles. The van der Waals surface area contributed by atoms with Crippen molar-refractivity contribution >= 4 is 17.7 Å². The first kappa shape index (κ1) is 14.1. The van der Waals surface area contributed by atoms with Gasteiger partial charge in [-0.15, -0.1) is 11.8 Å². The van der Waals surface area contributed by atoms with Gasteiger partial charge < -0.3 is 4.74 Å². The highest BCUT2D eigenvalue weighted by molar-refractivity contribution is 8.00. The minimum atomic E-state index is -0.185. The van der Waals surface area contributed by atoms with E-state index in [-0.39, 0.29) is 16.6 Å². The van der Waals surface area contributed by atoms with E-state index in [1.54, 1.807) is 0 Å². The second-order valence-corrected chi connectivity index (χ2v) is 6.47. The Bertz CT molecular complexity index is 376. The van der Waals surface area contributed by atoms with Crippen molar-refractivity contribution in [3.63, 3.8) is 0 Å². The second kappa shape index (κ2) is 5.58. The molecule has 0 amide bonds.